The first kappa shape index (κ1) is 22.4. The molecular formula is C16H22O11. The molecule has 0 aromatic heterocycles. The van der Waals surface area contributed by atoms with E-state index in [1.165, 1.54) is 0 Å². The highest BCUT2D eigenvalue weighted by atomic mass is 16.7. The van der Waals surface area contributed by atoms with E-state index in [1.807, 2.05) is 0 Å². The maximum absolute atomic E-state index is 11.5. The molecule has 1 rings (SSSR count). The lowest BCUT2D eigenvalue weighted by molar-refractivity contribution is -0.300. The van der Waals surface area contributed by atoms with Gasteiger partial charge in [-0.1, -0.05) is 0 Å². The molecule has 0 aliphatic carbocycles. The van der Waals surface area contributed by atoms with Crippen LogP contribution in [-0.2, 0) is 52.4 Å². The lowest BCUT2D eigenvalue weighted by Gasteiger charge is -2.43. The van der Waals surface area contributed by atoms with Crippen LogP contribution < -0.4 is 0 Å². The number of hydrogen-bond acceptors (Lipinski definition) is 11. The highest BCUT2D eigenvalue weighted by molar-refractivity contribution is 5.69. The van der Waals surface area contributed by atoms with Crippen molar-refractivity contribution in [3.05, 3.63) is 0 Å². The standard InChI is InChI=1S/C16H22O11/c1-7(17)22-6-12-13(23-8(2)18)14(24-9(3)19)15(25-10(4)20)16(27-12)26-11(5)21/h12-16H,6H2,1-5H3/t12-,13+,14+,15?,16-/m0/s1. The van der Waals surface area contributed by atoms with Crippen molar-refractivity contribution in [3.63, 3.8) is 0 Å². The van der Waals surface area contributed by atoms with Gasteiger partial charge in [0.1, 0.15) is 12.7 Å². The number of hydrogen-bond donors (Lipinski definition) is 0. The van der Waals surface area contributed by atoms with E-state index in [0.29, 0.717) is 0 Å². The minimum atomic E-state index is -1.48. The summed E-state index contributed by atoms with van der Waals surface area (Å²) in [6.45, 7) is 5.13. The zero-order valence-electron chi connectivity index (χ0n) is 15.6. The van der Waals surface area contributed by atoms with Gasteiger partial charge in [0.25, 0.3) is 0 Å². The molecule has 1 heterocycles. The van der Waals surface area contributed by atoms with Crippen LogP contribution in [0.15, 0.2) is 0 Å². The van der Waals surface area contributed by atoms with Crippen LogP contribution in [0.2, 0.25) is 0 Å². The van der Waals surface area contributed by atoms with Crippen LogP contribution in [0.5, 0.6) is 0 Å². The van der Waals surface area contributed by atoms with Crippen LogP contribution in [-0.4, -0.2) is 67.2 Å². The molecule has 1 saturated heterocycles. The summed E-state index contributed by atoms with van der Waals surface area (Å²) in [5, 5.41) is 0. The Morgan fingerprint density at radius 2 is 1.07 bits per heavy atom. The van der Waals surface area contributed by atoms with Gasteiger partial charge in [0, 0.05) is 34.6 Å². The Kier molecular flexibility index (Phi) is 8.16. The van der Waals surface area contributed by atoms with Gasteiger partial charge in [0.15, 0.2) is 12.2 Å². The zero-order chi connectivity index (χ0) is 20.7. The summed E-state index contributed by atoms with van der Waals surface area (Å²) in [6.07, 6.45) is -6.70. The van der Waals surface area contributed by atoms with E-state index in [0.717, 1.165) is 34.6 Å². The predicted molar refractivity (Wildman–Crippen MR) is 83.7 cm³/mol. The van der Waals surface area contributed by atoms with E-state index in [9.17, 15) is 24.0 Å². The molecule has 1 aliphatic rings. The fraction of sp³-hybridized carbons (Fsp3) is 0.688. The van der Waals surface area contributed by atoms with Crippen LogP contribution in [0.4, 0.5) is 0 Å². The van der Waals surface area contributed by atoms with Crippen molar-refractivity contribution in [1.82, 2.24) is 0 Å². The van der Waals surface area contributed by atoms with Crippen LogP contribution in [0.1, 0.15) is 34.6 Å². The van der Waals surface area contributed by atoms with Crippen molar-refractivity contribution in [2.24, 2.45) is 0 Å². The van der Waals surface area contributed by atoms with E-state index >= 15 is 0 Å². The fourth-order valence-corrected chi connectivity index (χ4v) is 2.45. The summed E-state index contributed by atoms with van der Waals surface area (Å²) in [7, 11) is 0. The number of carbonyl (C=O) groups excluding carboxylic acids is 5. The minimum absolute atomic E-state index is 0.393. The topological polar surface area (TPSA) is 141 Å². The second-order valence-corrected chi connectivity index (χ2v) is 5.68. The Morgan fingerprint density at radius 3 is 1.52 bits per heavy atom. The predicted octanol–water partition coefficient (Wildman–Crippen LogP) is -0.367. The van der Waals surface area contributed by atoms with Crippen molar-refractivity contribution >= 4 is 29.8 Å². The first-order valence-electron chi connectivity index (χ1n) is 7.99. The van der Waals surface area contributed by atoms with Crippen molar-refractivity contribution in [3.8, 4) is 0 Å². The first-order valence-corrected chi connectivity index (χ1v) is 7.99. The van der Waals surface area contributed by atoms with E-state index < -0.39 is 67.2 Å². The van der Waals surface area contributed by atoms with Gasteiger partial charge in [-0.15, -0.1) is 0 Å². The average Bonchev–Trinajstić information content (AvgIpc) is 2.49. The molecule has 1 aliphatic heterocycles. The molecule has 0 bridgehead atoms. The maximum Gasteiger partial charge on any atom is 0.305 e. The van der Waals surface area contributed by atoms with Gasteiger partial charge in [0.05, 0.1) is 0 Å². The summed E-state index contributed by atoms with van der Waals surface area (Å²) < 4.78 is 30.8. The molecule has 0 amide bonds. The largest absolute Gasteiger partial charge is 0.463 e. The van der Waals surface area contributed by atoms with Crippen molar-refractivity contribution in [2.45, 2.75) is 65.3 Å². The summed E-state index contributed by atoms with van der Waals surface area (Å²) in [6, 6.07) is 0. The second kappa shape index (κ2) is 9.86. The van der Waals surface area contributed by atoms with Crippen LogP contribution in [0.3, 0.4) is 0 Å². The van der Waals surface area contributed by atoms with Gasteiger partial charge < -0.3 is 28.4 Å². The Morgan fingerprint density at radius 1 is 0.630 bits per heavy atom. The molecule has 0 N–H and O–H groups in total. The molecule has 11 heteroatoms. The third-order valence-electron chi connectivity index (χ3n) is 3.23. The van der Waals surface area contributed by atoms with Gasteiger partial charge in [-0.25, -0.2) is 0 Å². The van der Waals surface area contributed by atoms with E-state index in [1.54, 1.807) is 0 Å². The van der Waals surface area contributed by atoms with Crippen LogP contribution in [0, 0.1) is 0 Å². The van der Waals surface area contributed by atoms with Crippen molar-refractivity contribution in [2.75, 3.05) is 6.61 Å². The highest BCUT2D eigenvalue weighted by Gasteiger charge is 2.53. The smallest absolute Gasteiger partial charge is 0.305 e. The first-order chi connectivity index (χ1) is 12.5. The molecule has 0 aromatic carbocycles. The molecule has 1 unspecified atom stereocenters. The van der Waals surface area contributed by atoms with Crippen LogP contribution >= 0.6 is 0 Å². The molecule has 0 spiro atoms. The summed E-state index contributed by atoms with van der Waals surface area (Å²) >= 11 is 0. The molecule has 11 nitrogen and oxygen atoms in total. The van der Waals surface area contributed by atoms with Gasteiger partial charge in [0.2, 0.25) is 12.4 Å². The zero-order valence-corrected chi connectivity index (χ0v) is 15.6. The Balaban J connectivity index is 3.29. The number of esters is 5. The minimum Gasteiger partial charge on any atom is -0.463 e. The Bertz CT molecular complexity index is 599. The lowest BCUT2D eigenvalue weighted by Crippen LogP contribution is -2.63. The Labute approximate surface area is 155 Å². The molecular weight excluding hydrogens is 368 g/mol. The highest BCUT2D eigenvalue weighted by Crippen LogP contribution is 2.29. The molecule has 0 aromatic rings. The monoisotopic (exact) mass is 390 g/mol. The number of carbonyl (C=O) groups is 5. The van der Waals surface area contributed by atoms with E-state index in [-0.39, 0.29) is 0 Å². The number of rotatable bonds is 6. The molecule has 0 radical (unpaired) electrons. The van der Waals surface area contributed by atoms with Gasteiger partial charge in [-0.05, 0) is 0 Å². The second-order valence-electron chi connectivity index (χ2n) is 5.68. The molecule has 0 saturated carbocycles. The van der Waals surface area contributed by atoms with E-state index in [4.69, 9.17) is 28.4 Å². The van der Waals surface area contributed by atoms with Gasteiger partial charge >= 0.3 is 29.8 Å². The number of ether oxygens (including phenoxy) is 6. The van der Waals surface area contributed by atoms with Crippen molar-refractivity contribution < 1.29 is 52.4 Å². The van der Waals surface area contributed by atoms with Gasteiger partial charge in [-0.3, -0.25) is 24.0 Å². The molecule has 5 atom stereocenters. The summed E-state index contributed by atoms with van der Waals surface area (Å²) in [5.41, 5.74) is 0. The van der Waals surface area contributed by atoms with Gasteiger partial charge in [-0.2, -0.15) is 0 Å². The average molecular weight is 390 g/mol. The summed E-state index contributed by atoms with van der Waals surface area (Å²) in [4.78, 5) is 57.0. The quantitative estimate of drug-likeness (QED) is 0.433. The van der Waals surface area contributed by atoms with Crippen molar-refractivity contribution in [1.29, 1.82) is 0 Å². The third kappa shape index (κ3) is 7.21. The fourth-order valence-electron chi connectivity index (χ4n) is 2.45. The third-order valence-corrected chi connectivity index (χ3v) is 3.23. The summed E-state index contributed by atoms with van der Waals surface area (Å²) in [5.74, 6) is -3.71. The molecule has 27 heavy (non-hydrogen) atoms. The van der Waals surface area contributed by atoms with Crippen LogP contribution in [0.25, 0.3) is 0 Å². The Hall–Kier alpha value is -2.69. The SMILES string of the molecule is CC(=O)OC[C@@H]1O[C@H](OC(C)=O)C(OC(C)=O)[C@H](OC(C)=O)[C@@H]1OC(C)=O. The molecule has 152 valence electrons. The lowest BCUT2D eigenvalue weighted by atomic mass is 9.98. The van der Waals surface area contributed by atoms with E-state index in [2.05, 4.69) is 0 Å². The normalized spacial score (nSPS) is 27.1. The maximum atomic E-state index is 11.5. The molecule has 1 fully saturated rings.